The topological polar surface area (TPSA) is 20.3 Å². The van der Waals surface area contributed by atoms with Gasteiger partial charge >= 0.3 is 0 Å². The number of Topliss-reactive ketones (excluding diaryl/α,β-unsaturated/α-hetero) is 1. The molecule has 3 heteroatoms. The number of hydrogen-bond acceptors (Lipinski definition) is 2. The summed E-state index contributed by atoms with van der Waals surface area (Å²) in [6.45, 7) is 2.88. The van der Waals surface area contributed by atoms with E-state index < -0.39 is 0 Å². The molecule has 0 bridgehead atoms. The van der Waals surface area contributed by atoms with Crippen LogP contribution in [-0.4, -0.2) is 19.4 Å². The first kappa shape index (κ1) is 15.2. The van der Waals surface area contributed by atoms with Crippen LogP contribution in [0.25, 0.3) is 0 Å². The maximum atomic E-state index is 12.8. The minimum atomic E-state index is -0.314. The average Bonchev–Trinajstić information content (AvgIpc) is 2.47. The molecule has 0 spiro atoms. The molecule has 0 N–H and O–H groups in total. The molecule has 0 atom stereocenters. The van der Waals surface area contributed by atoms with Crippen molar-refractivity contribution in [3.63, 3.8) is 0 Å². The van der Waals surface area contributed by atoms with E-state index in [1.165, 1.54) is 17.7 Å². The maximum absolute atomic E-state index is 12.8. The highest BCUT2D eigenvalue weighted by atomic mass is 19.1. The van der Waals surface area contributed by atoms with Gasteiger partial charge in [-0.15, -0.1) is 0 Å². The Hall–Kier alpha value is -2.16. The molecule has 0 aliphatic carbocycles. The quantitative estimate of drug-likeness (QED) is 0.740. The Morgan fingerprint density at radius 2 is 1.86 bits per heavy atom. The molecule has 0 unspecified atom stereocenters. The van der Waals surface area contributed by atoms with Crippen molar-refractivity contribution >= 4 is 11.5 Å². The molecule has 2 aromatic rings. The molecular weight excluding hydrogens is 265 g/mol. The van der Waals surface area contributed by atoms with Gasteiger partial charge in [-0.1, -0.05) is 12.1 Å². The van der Waals surface area contributed by atoms with Crippen molar-refractivity contribution < 1.29 is 9.18 Å². The number of nitrogens with zero attached hydrogens (tertiary/aromatic N) is 1. The van der Waals surface area contributed by atoms with E-state index in [-0.39, 0.29) is 11.6 Å². The molecule has 0 aromatic heterocycles. The zero-order valence-electron chi connectivity index (χ0n) is 12.5. The first-order valence-electron chi connectivity index (χ1n) is 7.13. The Balaban J connectivity index is 1.83. The molecule has 110 valence electrons. The molecular formula is C18H20FNO. The average molecular weight is 285 g/mol. The molecule has 0 heterocycles. The number of carbonyl (C=O) groups excluding carboxylic acids is 1. The van der Waals surface area contributed by atoms with Crippen molar-refractivity contribution in [3.8, 4) is 0 Å². The zero-order valence-corrected chi connectivity index (χ0v) is 12.5. The summed E-state index contributed by atoms with van der Waals surface area (Å²) in [5.41, 5.74) is 2.96. The molecule has 0 radical (unpaired) electrons. The lowest BCUT2D eigenvalue weighted by atomic mass is 10.1. The van der Waals surface area contributed by atoms with Crippen LogP contribution in [0.15, 0.2) is 48.5 Å². The molecule has 21 heavy (non-hydrogen) atoms. The van der Waals surface area contributed by atoms with Gasteiger partial charge in [0.25, 0.3) is 0 Å². The summed E-state index contributed by atoms with van der Waals surface area (Å²) in [6.07, 6.45) is 1.25. The van der Waals surface area contributed by atoms with Crippen LogP contribution in [0.5, 0.6) is 0 Å². The number of ketones is 1. The van der Waals surface area contributed by atoms with Crippen molar-refractivity contribution in [1.29, 1.82) is 0 Å². The van der Waals surface area contributed by atoms with E-state index in [0.717, 1.165) is 18.7 Å². The van der Waals surface area contributed by atoms with Crippen LogP contribution in [0.1, 0.15) is 28.8 Å². The van der Waals surface area contributed by atoms with Gasteiger partial charge in [0.15, 0.2) is 5.78 Å². The normalized spacial score (nSPS) is 10.4. The zero-order chi connectivity index (χ0) is 15.2. The van der Waals surface area contributed by atoms with Gasteiger partial charge in [0.05, 0.1) is 0 Å². The van der Waals surface area contributed by atoms with E-state index in [1.807, 2.05) is 13.1 Å². The molecule has 0 fully saturated rings. The molecule has 0 aliphatic heterocycles. The number of aryl methyl sites for hydroxylation is 1. The highest BCUT2D eigenvalue weighted by molar-refractivity contribution is 5.95. The first-order valence-corrected chi connectivity index (χ1v) is 7.13. The second-order valence-corrected chi connectivity index (χ2v) is 5.29. The summed E-state index contributed by atoms with van der Waals surface area (Å²) >= 11 is 0. The van der Waals surface area contributed by atoms with Crippen LogP contribution < -0.4 is 4.90 Å². The van der Waals surface area contributed by atoms with Crippen LogP contribution >= 0.6 is 0 Å². The molecule has 2 nitrogen and oxygen atoms in total. The van der Waals surface area contributed by atoms with E-state index in [1.54, 1.807) is 12.1 Å². The lowest BCUT2D eigenvalue weighted by Crippen LogP contribution is -2.19. The summed E-state index contributed by atoms with van der Waals surface area (Å²) in [6, 6.07) is 14.0. The highest BCUT2D eigenvalue weighted by Gasteiger charge is 2.07. The largest absolute Gasteiger partial charge is 0.375 e. The highest BCUT2D eigenvalue weighted by Crippen LogP contribution is 2.15. The van der Waals surface area contributed by atoms with Crippen molar-refractivity contribution in [2.75, 3.05) is 18.5 Å². The summed E-state index contributed by atoms with van der Waals surface area (Å²) < 4.78 is 12.8. The van der Waals surface area contributed by atoms with Crippen molar-refractivity contribution in [1.82, 2.24) is 0 Å². The Kier molecular flexibility index (Phi) is 5.09. The van der Waals surface area contributed by atoms with E-state index >= 15 is 0 Å². The SMILES string of the molecule is Cc1cccc(N(C)CCCC(=O)c2ccc(F)cc2)c1. The fourth-order valence-electron chi connectivity index (χ4n) is 2.25. The number of benzene rings is 2. The Morgan fingerprint density at radius 1 is 1.14 bits per heavy atom. The van der Waals surface area contributed by atoms with Gasteiger partial charge in [0.1, 0.15) is 5.82 Å². The molecule has 2 rings (SSSR count). The first-order chi connectivity index (χ1) is 10.1. The van der Waals surface area contributed by atoms with E-state index in [9.17, 15) is 9.18 Å². The second kappa shape index (κ2) is 7.02. The number of anilines is 1. The fraction of sp³-hybridized carbons (Fsp3) is 0.278. The lowest BCUT2D eigenvalue weighted by molar-refractivity contribution is 0.0980. The lowest BCUT2D eigenvalue weighted by Gasteiger charge is -2.19. The van der Waals surface area contributed by atoms with Gasteiger partial charge < -0.3 is 4.90 Å². The summed E-state index contributed by atoms with van der Waals surface area (Å²) in [5.74, 6) is -0.252. The number of carbonyl (C=O) groups is 1. The van der Waals surface area contributed by atoms with Crippen molar-refractivity contribution in [3.05, 3.63) is 65.5 Å². The summed E-state index contributed by atoms with van der Waals surface area (Å²) in [4.78, 5) is 14.1. The van der Waals surface area contributed by atoms with E-state index in [4.69, 9.17) is 0 Å². The van der Waals surface area contributed by atoms with Crippen molar-refractivity contribution in [2.24, 2.45) is 0 Å². The van der Waals surface area contributed by atoms with Crippen LogP contribution in [-0.2, 0) is 0 Å². The number of halogens is 1. The predicted molar refractivity (Wildman–Crippen MR) is 84.4 cm³/mol. The molecule has 0 saturated heterocycles. The summed E-state index contributed by atoms with van der Waals surface area (Å²) in [5, 5.41) is 0. The number of rotatable bonds is 6. The molecule has 2 aromatic carbocycles. The van der Waals surface area contributed by atoms with Gasteiger partial charge in [-0.25, -0.2) is 4.39 Å². The standard InChI is InChI=1S/C18H20FNO/c1-14-5-3-6-17(13-14)20(2)12-4-7-18(21)15-8-10-16(19)11-9-15/h3,5-6,8-11,13H,4,7,12H2,1-2H3. The number of hydrogen-bond donors (Lipinski definition) is 0. The van der Waals surface area contributed by atoms with E-state index in [0.29, 0.717) is 12.0 Å². The van der Waals surface area contributed by atoms with Gasteiger partial charge in [0, 0.05) is 31.3 Å². The molecule has 0 amide bonds. The molecule has 0 saturated carbocycles. The maximum Gasteiger partial charge on any atom is 0.162 e. The minimum absolute atomic E-state index is 0.0626. The minimum Gasteiger partial charge on any atom is -0.375 e. The van der Waals surface area contributed by atoms with Gasteiger partial charge in [0.2, 0.25) is 0 Å². The Morgan fingerprint density at radius 3 is 2.52 bits per heavy atom. The monoisotopic (exact) mass is 285 g/mol. The third-order valence-corrected chi connectivity index (χ3v) is 3.51. The van der Waals surface area contributed by atoms with Crippen LogP contribution in [0.4, 0.5) is 10.1 Å². The third-order valence-electron chi connectivity index (χ3n) is 3.51. The van der Waals surface area contributed by atoms with Gasteiger partial charge in [-0.05, 0) is 55.3 Å². The predicted octanol–water partition coefficient (Wildman–Crippen LogP) is 4.23. The molecule has 0 aliphatic rings. The second-order valence-electron chi connectivity index (χ2n) is 5.29. The van der Waals surface area contributed by atoms with Gasteiger partial charge in [-0.3, -0.25) is 4.79 Å². The van der Waals surface area contributed by atoms with Crippen molar-refractivity contribution in [2.45, 2.75) is 19.8 Å². The Bertz CT molecular complexity index is 607. The smallest absolute Gasteiger partial charge is 0.162 e. The van der Waals surface area contributed by atoms with Crippen LogP contribution in [0.2, 0.25) is 0 Å². The van der Waals surface area contributed by atoms with Crippen LogP contribution in [0, 0.1) is 12.7 Å². The van der Waals surface area contributed by atoms with Crippen LogP contribution in [0.3, 0.4) is 0 Å². The fourth-order valence-corrected chi connectivity index (χ4v) is 2.25. The summed E-state index contributed by atoms with van der Waals surface area (Å²) in [7, 11) is 2.02. The van der Waals surface area contributed by atoms with E-state index in [2.05, 4.69) is 30.0 Å². The van der Waals surface area contributed by atoms with Gasteiger partial charge in [-0.2, -0.15) is 0 Å². The Labute approximate surface area is 125 Å². The third kappa shape index (κ3) is 4.42.